The second kappa shape index (κ2) is 8.22. The van der Waals surface area contributed by atoms with Crippen molar-refractivity contribution in [2.45, 2.75) is 19.9 Å². The molecular formula is C23H23N3O3. The Labute approximate surface area is 169 Å². The van der Waals surface area contributed by atoms with Crippen LogP contribution in [0.2, 0.25) is 0 Å². The molecule has 0 bridgehead atoms. The number of ether oxygens (including phenoxy) is 1. The summed E-state index contributed by atoms with van der Waals surface area (Å²) in [5, 5.41) is 9.68. The average Bonchev–Trinajstić information content (AvgIpc) is 3.36. The van der Waals surface area contributed by atoms with Gasteiger partial charge in [-0.15, -0.1) is 0 Å². The molecule has 6 heteroatoms. The molecule has 6 nitrogen and oxygen atoms in total. The quantitative estimate of drug-likeness (QED) is 0.518. The maximum Gasteiger partial charge on any atom is 0.258 e. The van der Waals surface area contributed by atoms with E-state index >= 15 is 0 Å². The average molecular weight is 389 g/mol. The van der Waals surface area contributed by atoms with Crippen molar-refractivity contribution < 1.29 is 13.9 Å². The SMILES string of the molecule is Cc1cc(C)n(C(CNC(=O)COc2ccc3ccccc3c2)c2ccco2)n1. The van der Waals surface area contributed by atoms with Crippen LogP contribution in [0.5, 0.6) is 5.75 Å². The number of benzene rings is 2. The van der Waals surface area contributed by atoms with E-state index in [0.717, 1.165) is 27.9 Å². The summed E-state index contributed by atoms with van der Waals surface area (Å²) in [6.07, 6.45) is 1.62. The summed E-state index contributed by atoms with van der Waals surface area (Å²) in [6, 6.07) is 19.3. The molecule has 0 aliphatic rings. The number of hydrogen-bond acceptors (Lipinski definition) is 4. The number of hydrogen-bond donors (Lipinski definition) is 1. The second-order valence-electron chi connectivity index (χ2n) is 7.00. The van der Waals surface area contributed by atoms with Crippen molar-refractivity contribution in [3.63, 3.8) is 0 Å². The number of carbonyl (C=O) groups excluding carboxylic acids is 1. The number of aromatic nitrogens is 2. The van der Waals surface area contributed by atoms with Gasteiger partial charge in [-0.05, 0) is 55.0 Å². The van der Waals surface area contributed by atoms with Crippen molar-refractivity contribution in [3.05, 3.63) is 84.1 Å². The van der Waals surface area contributed by atoms with Crippen LogP contribution >= 0.6 is 0 Å². The Morgan fingerprint density at radius 1 is 1.10 bits per heavy atom. The topological polar surface area (TPSA) is 69.3 Å². The van der Waals surface area contributed by atoms with Crippen LogP contribution in [0.4, 0.5) is 0 Å². The van der Waals surface area contributed by atoms with Crippen LogP contribution in [-0.2, 0) is 4.79 Å². The zero-order chi connectivity index (χ0) is 20.2. The molecule has 2 aromatic carbocycles. The molecule has 29 heavy (non-hydrogen) atoms. The first kappa shape index (κ1) is 18.8. The van der Waals surface area contributed by atoms with E-state index in [0.29, 0.717) is 12.3 Å². The van der Waals surface area contributed by atoms with Crippen molar-refractivity contribution in [1.29, 1.82) is 0 Å². The summed E-state index contributed by atoms with van der Waals surface area (Å²) in [7, 11) is 0. The van der Waals surface area contributed by atoms with Gasteiger partial charge < -0.3 is 14.5 Å². The van der Waals surface area contributed by atoms with Crippen LogP contribution in [0.15, 0.2) is 71.3 Å². The summed E-state index contributed by atoms with van der Waals surface area (Å²) in [6.45, 7) is 4.23. The van der Waals surface area contributed by atoms with Crippen LogP contribution in [0.25, 0.3) is 10.8 Å². The molecule has 1 amide bonds. The number of fused-ring (bicyclic) bond motifs is 1. The lowest BCUT2D eigenvalue weighted by molar-refractivity contribution is -0.123. The summed E-state index contributed by atoms with van der Waals surface area (Å²) >= 11 is 0. The van der Waals surface area contributed by atoms with Crippen molar-refractivity contribution in [2.24, 2.45) is 0 Å². The molecule has 4 rings (SSSR count). The number of aryl methyl sites for hydroxylation is 2. The standard InChI is InChI=1S/C23H23N3O3/c1-16-12-17(2)26(25-16)21(22-8-5-11-28-22)14-24-23(27)15-29-20-10-9-18-6-3-4-7-19(18)13-20/h3-13,21H,14-15H2,1-2H3,(H,24,27). The minimum Gasteiger partial charge on any atom is -0.484 e. The maximum absolute atomic E-state index is 12.4. The van der Waals surface area contributed by atoms with Crippen molar-refractivity contribution in [3.8, 4) is 5.75 Å². The Kier molecular flexibility index (Phi) is 5.33. The summed E-state index contributed by atoms with van der Waals surface area (Å²) in [5.41, 5.74) is 1.93. The fourth-order valence-electron chi connectivity index (χ4n) is 3.42. The van der Waals surface area contributed by atoms with E-state index in [1.54, 1.807) is 6.26 Å². The number of furan rings is 1. The zero-order valence-electron chi connectivity index (χ0n) is 16.5. The van der Waals surface area contributed by atoms with E-state index in [2.05, 4.69) is 10.4 Å². The van der Waals surface area contributed by atoms with Crippen molar-refractivity contribution in [1.82, 2.24) is 15.1 Å². The molecule has 0 fully saturated rings. The van der Waals surface area contributed by atoms with Gasteiger partial charge in [0.15, 0.2) is 6.61 Å². The maximum atomic E-state index is 12.4. The molecule has 0 saturated heterocycles. The van der Waals surface area contributed by atoms with Gasteiger partial charge in [0.25, 0.3) is 5.91 Å². The minimum atomic E-state index is -0.219. The van der Waals surface area contributed by atoms with E-state index < -0.39 is 0 Å². The van der Waals surface area contributed by atoms with Gasteiger partial charge in [0.1, 0.15) is 17.6 Å². The van der Waals surface area contributed by atoms with Crippen LogP contribution in [0, 0.1) is 13.8 Å². The summed E-state index contributed by atoms with van der Waals surface area (Å²) in [4.78, 5) is 12.4. The van der Waals surface area contributed by atoms with Gasteiger partial charge in [0.2, 0.25) is 0 Å². The molecule has 0 saturated carbocycles. The monoisotopic (exact) mass is 389 g/mol. The zero-order valence-corrected chi connectivity index (χ0v) is 16.5. The first-order valence-corrected chi connectivity index (χ1v) is 9.54. The third-order valence-corrected chi connectivity index (χ3v) is 4.79. The molecular weight excluding hydrogens is 366 g/mol. The third kappa shape index (κ3) is 4.32. The van der Waals surface area contributed by atoms with Crippen LogP contribution in [0.1, 0.15) is 23.2 Å². The van der Waals surface area contributed by atoms with Crippen molar-refractivity contribution >= 4 is 16.7 Å². The molecule has 0 aliphatic heterocycles. The van der Waals surface area contributed by atoms with Crippen LogP contribution in [0.3, 0.4) is 0 Å². The molecule has 1 atom stereocenters. The number of rotatable bonds is 7. The van der Waals surface area contributed by atoms with Crippen molar-refractivity contribution in [2.75, 3.05) is 13.2 Å². The first-order chi connectivity index (χ1) is 14.1. The molecule has 1 N–H and O–H groups in total. The van der Waals surface area contributed by atoms with Crippen LogP contribution < -0.4 is 10.1 Å². The lowest BCUT2D eigenvalue weighted by Gasteiger charge is -2.18. The summed E-state index contributed by atoms with van der Waals surface area (Å²) in [5.74, 6) is 1.21. The first-order valence-electron chi connectivity index (χ1n) is 9.54. The van der Waals surface area contributed by atoms with Gasteiger partial charge in [-0.1, -0.05) is 30.3 Å². The third-order valence-electron chi connectivity index (χ3n) is 4.79. The Bertz CT molecular complexity index is 1120. The highest BCUT2D eigenvalue weighted by Gasteiger charge is 2.20. The number of amides is 1. The largest absolute Gasteiger partial charge is 0.484 e. The molecule has 148 valence electrons. The Hall–Kier alpha value is -3.54. The molecule has 0 aliphatic carbocycles. The van der Waals surface area contributed by atoms with Gasteiger partial charge in [0.05, 0.1) is 12.0 Å². The Morgan fingerprint density at radius 2 is 1.93 bits per heavy atom. The van der Waals surface area contributed by atoms with Gasteiger partial charge in [-0.25, -0.2) is 0 Å². The Balaban J connectivity index is 1.39. The highest BCUT2D eigenvalue weighted by atomic mass is 16.5. The fourth-order valence-corrected chi connectivity index (χ4v) is 3.42. The number of nitrogens with zero attached hydrogens (tertiary/aromatic N) is 2. The van der Waals surface area contributed by atoms with E-state index in [4.69, 9.17) is 9.15 Å². The lowest BCUT2D eigenvalue weighted by Crippen LogP contribution is -2.35. The lowest BCUT2D eigenvalue weighted by atomic mass is 10.1. The van der Waals surface area contributed by atoms with Gasteiger partial charge in [-0.3, -0.25) is 9.48 Å². The molecule has 4 aromatic rings. The van der Waals surface area contributed by atoms with Gasteiger partial charge >= 0.3 is 0 Å². The molecule has 2 aromatic heterocycles. The van der Waals surface area contributed by atoms with Gasteiger partial charge in [0, 0.05) is 12.2 Å². The van der Waals surface area contributed by atoms with Crippen LogP contribution in [-0.4, -0.2) is 28.8 Å². The molecule has 2 heterocycles. The van der Waals surface area contributed by atoms with E-state index in [1.807, 2.05) is 79.2 Å². The van der Waals surface area contributed by atoms with E-state index in [1.165, 1.54) is 0 Å². The van der Waals surface area contributed by atoms with Gasteiger partial charge in [-0.2, -0.15) is 5.10 Å². The predicted octanol–water partition coefficient (Wildman–Crippen LogP) is 4.03. The second-order valence-corrected chi connectivity index (χ2v) is 7.00. The molecule has 0 spiro atoms. The molecule has 1 unspecified atom stereocenters. The Morgan fingerprint density at radius 3 is 2.66 bits per heavy atom. The number of carbonyl (C=O) groups is 1. The minimum absolute atomic E-state index is 0.0552. The fraction of sp³-hybridized carbons (Fsp3) is 0.217. The van der Waals surface area contributed by atoms with E-state index in [-0.39, 0.29) is 18.6 Å². The van der Waals surface area contributed by atoms with E-state index in [9.17, 15) is 4.79 Å². The molecule has 0 radical (unpaired) electrons. The highest BCUT2D eigenvalue weighted by Crippen LogP contribution is 2.21. The summed E-state index contributed by atoms with van der Waals surface area (Å²) < 4.78 is 13.1. The number of nitrogens with one attached hydrogen (secondary N) is 1. The predicted molar refractivity (Wildman–Crippen MR) is 111 cm³/mol. The normalized spacial score (nSPS) is 12.1. The highest BCUT2D eigenvalue weighted by molar-refractivity contribution is 5.84. The smallest absolute Gasteiger partial charge is 0.258 e.